The molecule has 1 aromatic heterocycles. The minimum Gasteiger partial charge on any atom is -0.493 e. The van der Waals surface area contributed by atoms with Gasteiger partial charge in [-0.15, -0.1) is 0 Å². The molecule has 0 N–H and O–H groups in total. The van der Waals surface area contributed by atoms with Gasteiger partial charge in [-0.2, -0.15) is 4.31 Å². The second-order valence-corrected chi connectivity index (χ2v) is 13.6. The lowest BCUT2D eigenvalue weighted by Crippen LogP contribution is -2.51. The van der Waals surface area contributed by atoms with Crippen LogP contribution in [0.3, 0.4) is 0 Å². The first-order valence-electron chi connectivity index (χ1n) is 15.6. The molecule has 0 bridgehead atoms. The van der Waals surface area contributed by atoms with Gasteiger partial charge in [-0.25, -0.2) is 18.2 Å². The van der Waals surface area contributed by atoms with Crippen LogP contribution >= 0.6 is 0 Å². The van der Waals surface area contributed by atoms with Gasteiger partial charge in [0, 0.05) is 31.6 Å². The lowest BCUT2D eigenvalue weighted by atomic mass is 10.0. The fourth-order valence-corrected chi connectivity index (χ4v) is 7.65. The average molecular weight is 672 g/mol. The lowest BCUT2D eigenvalue weighted by molar-refractivity contribution is -0.135. The zero-order valence-corrected chi connectivity index (χ0v) is 28.1. The zero-order valence-electron chi connectivity index (χ0n) is 27.3. The van der Waals surface area contributed by atoms with Crippen molar-refractivity contribution in [1.82, 2.24) is 14.2 Å². The van der Waals surface area contributed by atoms with Crippen molar-refractivity contribution in [2.24, 2.45) is 0 Å². The molecule has 2 aliphatic rings. The first-order chi connectivity index (χ1) is 23.1. The van der Waals surface area contributed by atoms with E-state index in [0.29, 0.717) is 52.3 Å². The normalized spacial score (nSPS) is 15.8. The van der Waals surface area contributed by atoms with Gasteiger partial charge in [0.05, 0.1) is 43.0 Å². The highest BCUT2D eigenvalue weighted by molar-refractivity contribution is 7.89. The third-order valence-electron chi connectivity index (χ3n) is 8.75. The number of nitrogens with zero attached hydrogens (tertiary/aromatic N) is 3. The number of pyridine rings is 1. The number of methoxy groups -OCH3 is 3. The Hall–Kier alpha value is -4.94. The summed E-state index contributed by atoms with van der Waals surface area (Å²) in [5.74, 6) is 0.557. The van der Waals surface area contributed by atoms with Crippen molar-refractivity contribution in [2.45, 2.75) is 24.7 Å². The number of rotatable bonds is 9. The molecule has 1 aliphatic heterocycles. The highest BCUT2D eigenvalue weighted by atomic mass is 32.2. The summed E-state index contributed by atoms with van der Waals surface area (Å²) < 4.78 is 49.7. The summed E-state index contributed by atoms with van der Waals surface area (Å²) >= 11 is 0. The fourth-order valence-electron chi connectivity index (χ4n) is 6.23. The van der Waals surface area contributed by atoms with Crippen molar-refractivity contribution in [2.75, 3.05) is 54.1 Å². The van der Waals surface area contributed by atoms with Crippen molar-refractivity contribution >= 4 is 44.5 Å². The Morgan fingerprint density at radius 1 is 0.875 bits per heavy atom. The maximum atomic E-state index is 13.7. The number of esters is 1. The third-order valence-corrected chi connectivity index (χ3v) is 10.7. The number of amides is 1. The van der Waals surface area contributed by atoms with Crippen LogP contribution in [0.1, 0.15) is 39.2 Å². The van der Waals surface area contributed by atoms with E-state index in [4.69, 9.17) is 23.9 Å². The molecule has 250 valence electrons. The van der Waals surface area contributed by atoms with Crippen LogP contribution in [0.4, 0.5) is 0 Å². The van der Waals surface area contributed by atoms with Crippen LogP contribution < -0.4 is 14.2 Å². The number of hydrogen-bond acceptors (Lipinski definition) is 9. The minimum atomic E-state index is -3.67. The van der Waals surface area contributed by atoms with Crippen LogP contribution in [-0.4, -0.2) is 88.6 Å². The second kappa shape index (κ2) is 13.7. The topological polar surface area (TPSA) is 125 Å². The number of aromatic nitrogens is 1. The predicted molar refractivity (Wildman–Crippen MR) is 181 cm³/mol. The third kappa shape index (κ3) is 6.33. The predicted octanol–water partition coefficient (Wildman–Crippen LogP) is 4.75. The number of allylic oxidation sites excluding steroid dienone is 1. The quantitative estimate of drug-likeness (QED) is 0.232. The highest BCUT2D eigenvalue weighted by Crippen LogP contribution is 2.41. The Labute approximate surface area is 279 Å². The summed E-state index contributed by atoms with van der Waals surface area (Å²) in [4.78, 5) is 33.5. The van der Waals surface area contributed by atoms with E-state index in [1.807, 2.05) is 49.4 Å². The van der Waals surface area contributed by atoms with E-state index in [2.05, 4.69) is 0 Å². The van der Waals surface area contributed by atoms with Crippen LogP contribution in [0, 0.1) is 6.92 Å². The summed E-state index contributed by atoms with van der Waals surface area (Å²) in [7, 11) is 1.00. The van der Waals surface area contributed by atoms with Crippen LogP contribution in [0.25, 0.3) is 22.6 Å². The van der Waals surface area contributed by atoms with E-state index < -0.39 is 22.6 Å². The molecule has 3 aromatic carbocycles. The fraction of sp³-hybridized carbons (Fsp3) is 0.306. The Balaban J connectivity index is 1.19. The summed E-state index contributed by atoms with van der Waals surface area (Å²) in [6.07, 6.45) is 3.21. The molecule has 1 saturated heterocycles. The number of benzene rings is 3. The van der Waals surface area contributed by atoms with E-state index >= 15 is 0 Å². The van der Waals surface area contributed by atoms with Gasteiger partial charge < -0.3 is 23.8 Å². The molecule has 1 aliphatic carbocycles. The van der Waals surface area contributed by atoms with E-state index in [1.165, 1.54) is 9.21 Å². The summed E-state index contributed by atoms with van der Waals surface area (Å²) in [5.41, 5.74) is 5.23. The maximum Gasteiger partial charge on any atom is 0.339 e. The summed E-state index contributed by atoms with van der Waals surface area (Å²) in [5, 5.41) is 0.651. The largest absolute Gasteiger partial charge is 0.493 e. The number of para-hydroxylation sites is 1. The average Bonchev–Trinajstić information content (AvgIpc) is 3.50. The van der Waals surface area contributed by atoms with Crippen molar-refractivity contribution in [1.29, 1.82) is 0 Å². The number of aryl methyl sites for hydroxylation is 1. The molecule has 0 atom stereocenters. The number of carbonyl (C=O) groups is 2. The standard InChI is InChI=1S/C36H37N3O8S/c1-23-9-12-26(13-10-23)48(42,43)39-17-15-38(16-18-39)32(40)22-47-36(41)33-27-7-5-6-8-29(27)37-34-25(11-14-28(33)34)19-24-20-30(44-2)35(46-4)31(21-24)45-3/h5-10,12-13,19-21H,11,14-18,22H2,1-4H3. The van der Waals surface area contributed by atoms with Gasteiger partial charge >= 0.3 is 5.97 Å². The monoisotopic (exact) mass is 671 g/mol. The Bertz CT molecular complexity index is 1990. The molecule has 0 spiro atoms. The number of hydrogen-bond donors (Lipinski definition) is 0. The van der Waals surface area contributed by atoms with Crippen LogP contribution in [0.5, 0.6) is 17.2 Å². The Morgan fingerprint density at radius 2 is 1.54 bits per heavy atom. The molecule has 0 saturated carbocycles. The second-order valence-electron chi connectivity index (χ2n) is 11.6. The molecule has 0 radical (unpaired) electrons. The molecule has 6 rings (SSSR count). The molecule has 4 aromatic rings. The van der Waals surface area contributed by atoms with Gasteiger partial charge in [-0.1, -0.05) is 35.9 Å². The van der Waals surface area contributed by atoms with Crippen LogP contribution in [-0.2, 0) is 26.0 Å². The SMILES string of the molecule is COc1cc(C=C2CCc3c2nc2ccccc2c3C(=O)OCC(=O)N2CCN(S(=O)(=O)c3ccc(C)cc3)CC2)cc(OC)c1OC. The first kappa shape index (κ1) is 33.0. The van der Waals surface area contributed by atoms with Crippen molar-refractivity contribution in [3.63, 3.8) is 0 Å². The van der Waals surface area contributed by atoms with Crippen LogP contribution in [0.2, 0.25) is 0 Å². The van der Waals surface area contributed by atoms with E-state index in [-0.39, 0.29) is 37.0 Å². The molecular weight excluding hydrogens is 634 g/mol. The van der Waals surface area contributed by atoms with Crippen molar-refractivity contribution in [3.8, 4) is 17.2 Å². The highest BCUT2D eigenvalue weighted by Gasteiger charge is 2.32. The number of carbonyl (C=O) groups excluding carboxylic acids is 2. The van der Waals surface area contributed by atoms with Gasteiger partial charge in [0.1, 0.15) is 0 Å². The van der Waals surface area contributed by atoms with Gasteiger partial charge in [0.25, 0.3) is 5.91 Å². The molecule has 0 unspecified atom stereocenters. The van der Waals surface area contributed by atoms with E-state index in [9.17, 15) is 18.0 Å². The van der Waals surface area contributed by atoms with Gasteiger partial charge in [0.15, 0.2) is 18.1 Å². The smallest absolute Gasteiger partial charge is 0.339 e. The molecule has 1 fully saturated rings. The Morgan fingerprint density at radius 3 is 2.19 bits per heavy atom. The molecule has 12 heteroatoms. The summed E-state index contributed by atoms with van der Waals surface area (Å²) in [6, 6.07) is 17.8. The Kier molecular flexibility index (Phi) is 9.38. The summed E-state index contributed by atoms with van der Waals surface area (Å²) in [6.45, 7) is 2.14. The lowest BCUT2D eigenvalue weighted by Gasteiger charge is -2.33. The number of ether oxygens (including phenoxy) is 4. The van der Waals surface area contributed by atoms with Gasteiger partial charge in [-0.3, -0.25) is 4.79 Å². The zero-order chi connectivity index (χ0) is 34.0. The first-order valence-corrected chi connectivity index (χ1v) is 17.0. The van der Waals surface area contributed by atoms with Gasteiger partial charge in [-0.05, 0) is 72.9 Å². The van der Waals surface area contributed by atoms with E-state index in [0.717, 1.165) is 22.3 Å². The van der Waals surface area contributed by atoms with E-state index in [1.54, 1.807) is 45.6 Å². The van der Waals surface area contributed by atoms with Gasteiger partial charge in [0.2, 0.25) is 15.8 Å². The molecule has 1 amide bonds. The van der Waals surface area contributed by atoms with Crippen LogP contribution in [0.15, 0.2) is 65.6 Å². The molecule has 48 heavy (non-hydrogen) atoms. The minimum absolute atomic E-state index is 0.152. The number of sulfonamides is 1. The maximum absolute atomic E-state index is 13.7. The number of fused-ring (bicyclic) bond motifs is 2. The molecule has 11 nitrogen and oxygen atoms in total. The van der Waals surface area contributed by atoms with Crippen molar-refractivity contribution in [3.05, 3.63) is 88.6 Å². The van der Waals surface area contributed by atoms with Crippen molar-refractivity contribution < 1.29 is 37.0 Å². The molecular formula is C36H37N3O8S. The number of piperazine rings is 1. The molecule has 2 heterocycles.